The van der Waals surface area contributed by atoms with Gasteiger partial charge in [0.1, 0.15) is 5.75 Å². The molecule has 1 rings (SSSR count). The topological polar surface area (TPSA) is 83.9 Å². The average molecular weight is 315 g/mol. The van der Waals surface area contributed by atoms with Crippen molar-refractivity contribution in [3.8, 4) is 5.75 Å². The molecule has 0 heterocycles. The summed E-state index contributed by atoms with van der Waals surface area (Å²) in [6, 6.07) is 5.69. The molecular weight excluding hydrogens is 294 g/mol. The molecule has 0 aromatic heterocycles. The van der Waals surface area contributed by atoms with Crippen LogP contribution in [-0.4, -0.2) is 43.0 Å². The molecule has 21 heavy (non-hydrogen) atoms. The molecule has 6 nitrogen and oxygen atoms in total. The van der Waals surface area contributed by atoms with Crippen molar-refractivity contribution in [1.82, 2.24) is 4.31 Å². The lowest BCUT2D eigenvalue weighted by Gasteiger charge is -2.26. The van der Waals surface area contributed by atoms with E-state index in [1.165, 1.54) is 28.6 Å². The van der Waals surface area contributed by atoms with Crippen molar-refractivity contribution in [3.63, 3.8) is 0 Å². The number of carbonyl (C=O) groups is 1. The number of hydrogen-bond donors (Lipinski definition) is 1. The highest BCUT2D eigenvalue weighted by atomic mass is 32.2. The first-order valence-corrected chi connectivity index (χ1v) is 8.23. The Bertz CT molecular complexity index is 568. The summed E-state index contributed by atoms with van der Waals surface area (Å²) in [7, 11) is -3.55. The summed E-state index contributed by atoms with van der Waals surface area (Å²) in [5.74, 6) is -0.761. The fourth-order valence-corrected chi connectivity index (χ4v) is 3.62. The molecule has 0 spiro atoms. The minimum absolute atomic E-state index is 0.0806. The summed E-state index contributed by atoms with van der Waals surface area (Å²) in [6.07, 6.45) is 0.729. The van der Waals surface area contributed by atoms with Gasteiger partial charge in [-0.25, -0.2) is 13.2 Å². The molecule has 0 saturated carbocycles. The van der Waals surface area contributed by atoms with Gasteiger partial charge in [-0.3, -0.25) is 0 Å². The molecular formula is C14H21NO5S. The first-order chi connectivity index (χ1) is 9.82. The van der Waals surface area contributed by atoms with Crippen molar-refractivity contribution in [1.29, 1.82) is 0 Å². The van der Waals surface area contributed by atoms with Crippen LogP contribution in [0.3, 0.4) is 0 Å². The van der Waals surface area contributed by atoms with Crippen molar-refractivity contribution < 1.29 is 23.1 Å². The normalized spacial score (nSPS) is 13.1. The van der Waals surface area contributed by atoms with E-state index in [0.717, 1.165) is 6.42 Å². The third-order valence-electron chi connectivity index (χ3n) is 3.19. The van der Waals surface area contributed by atoms with Crippen molar-refractivity contribution in [2.24, 2.45) is 0 Å². The first-order valence-electron chi connectivity index (χ1n) is 6.79. The van der Waals surface area contributed by atoms with Crippen LogP contribution < -0.4 is 4.74 Å². The molecule has 7 heteroatoms. The Balaban J connectivity index is 2.96. The molecule has 0 radical (unpaired) electrons. The summed E-state index contributed by atoms with van der Waals surface area (Å²) >= 11 is 0. The average Bonchev–Trinajstić information content (AvgIpc) is 2.45. The van der Waals surface area contributed by atoms with Gasteiger partial charge in [-0.15, -0.1) is 0 Å². The SMILES string of the molecule is CCC(C)N(CC)S(=O)(=O)c1ccc(OCC(=O)O)cc1. The van der Waals surface area contributed by atoms with Crippen LogP contribution in [0.5, 0.6) is 5.75 Å². The lowest BCUT2D eigenvalue weighted by Crippen LogP contribution is -2.38. The molecule has 1 N–H and O–H groups in total. The van der Waals surface area contributed by atoms with Gasteiger partial charge < -0.3 is 9.84 Å². The van der Waals surface area contributed by atoms with Gasteiger partial charge >= 0.3 is 5.97 Å². The molecule has 1 aromatic rings. The van der Waals surface area contributed by atoms with E-state index >= 15 is 0 Å². The number of ether oxygens (including phenoxy) is 1. The maximum atomic E-state index is 12.5. The van der Waals surface area contributed by atoms with Crippen molar-refractivity contribution >= 4 is 16.0 Å². The summed E-state index contributed by atoms with van der Waals surface area (Å²) in [5.41, 5.74) is 0. The van der Waals surface area contributed by atoms with Crippen LogP contribution in [0.1, 0.15) is 27.2 Å². The van der Waals surface area contributed by atoms with Crippen molar-refractivity contribution in [3.05, 3.63) is 24.3 Å². The maximum absolute atomic E-state index is 12.5. The van der Waals surface area contributed by atoms with E-state index in [1.807, 2.05) is 13.8 Å². The van der Waals surface area contributed by atoms with E-state index in [9.17, 15) is 13.2 Å². The maximum Gasteiger partial charge on any atom is 0.341 e. The molecule has 118 valence electrons. The lowest BCUT2D eigenvalue weighted by molar-refractivity contribution is -0.139. The van der Waals surface area contributed by atoms with Crippen LogP contribution in [0.2, 0.25) is 0 Å². The van der Waals surface area contributed by atoms with Gasteiger partial charge in [0.05, 0.1) is 4.90 Å². The monoisotopic (exact) mass is 315 g/mol. The van der Waals surface area contributed by atoms with Crippen molar-refractivity contribution in [2.75, 3.05) is 13.2 Å². The molecule has 0 saturated heterocycles. The number of benzene rings is 1. The van der Waals surface area contributed by atoms with E-state index in [4.69, 9.17) is 9.84 Å². The summed E-state index contributed by atoms with van der Waals surface area (Å²) in [6.45, 7) is 5.54. The Kier molecular flexibility index (Phi) is 6.17. The zero-order valence-electron chi connectivity index (χ0n) is 12.4. The van der Waals surface area contributed by atoms with Gasteiger partial charge in [-0.05, 0) is 37.6 Å². The van der Waals surface area contributed by atoms with E-state index in [1.54, 1.807) is 6.92 Å². The van der Waals surface area contributed by atoms with Crippen LogP contribution in [-0.2, 0) is 14.8 Å². The van der Waals surface area contributed by atoms with Crippen LogP contribution in [0, 0.1) is 0 Å². The molecule has 1 atom stereocenters. The second kappa shape index (κ2) is 7.42. The van der Waals surface area contributed by atoms with E-state index in [2.05, 4.69) is 0 Å². The fraction of sp³-hybridized carbons (Fsp3) is 0.500. The van der Waals surface area contributed by atoms with Gasteiger partial charge in [0.2, 0.25) is 10.0 Å². The lowest BCUT2D eigenvalue weighted by atomic mass is 10.3. The van der Waals surface area contributed by atoms with Crippen LogP contribution >= 0.6 is 0 Å². The summed E-state index contributed by atoms with van der Waals surface area (Å²) in [5, 5.41) is 8.52. The van der Waals surface area contributed by atoms with Gasteiger partial charge in [0, 0.05) is 12.6 Å². The molecule has 0 amide bonds. The molecule has 1 aromatic carbocycles. The Hall–Kier alpha value is -1.60. The highest BCUT2D eigenvalue weighted by Crippen LogP contribution is 2.22. The summed E-state index contributed by atoms with van der Waals surface area (Å²) in [4.78, 5) is 10.6. The number of hydrogen-bond acceptors (Lipinski definition) is 4. The first kappa shape index (κ1) is 17.5. The third-order valence-corrected chi connectivity index (χ3v) is 5.29. The Labute approximate surface area is 125 Å². The molecule has 0 aliphatic carbocycles. The molecule has 0 aliphatic heterocycles. The molecule has 1 unspecified atom stereocenters. The largest absolute Gasteiger partial charge is 0.482 e. The number of rotatable bonds is 8. The number of carboxylic acids is 1. The molecule has 0 fully saturated rings. The quantitative estimate of drug-likeness (QED) is 0.793. The smallest absolute Gasteiger partial charge is 0.341 e. The van der Waals surface area contributed by atoms with Crippen LogP contribution in [0.4, 0.5) is 0 Å². The molecule has 0 aliphatic rings. The highest BCUT2D eigenvalue weighted by molar-refractivity contribution is 7.89. The van der Waals surface area contributed by atoms with E-state index < -0.39 is 22.6 Å². The Morgan fingerprint density at radius 3 is 2.29 bits per heavy atom. The van der Waals surface area contributed by atoms with E-state index in [-0.39, 0.29) is 10.9 Å². The Morgan fingerprint density at radius 1 is 1.29 bits per heavy atom. The van der Waals surface area contributed by atoms with Gasteiger partial charge in [-0.2, -0.15) is 4.31 Å². The van der Waals surface area contributed by atoms with Gasteiger partial charge in [0.25, 0.3) is 0 Å². The number of aliphatic carboxylic acids is 1. The summed E-state index contributed by atoms with van der Waals surface area (Å²) < 4.78 is 31.5. The number of nitrogens with zero attached hydrogens (tertiary/aromatic N) is 1. The standard InChI is InChI=1S/C14H21NO5S/c1-4-11(3)15(5-2)21(18,19)13-8-6-12(7-9-13)20-10-14(16)17/h6-9,11H,4-5,10H2,1-3H3,(H,16,17). The van der Waals surface area contributed by atoms with Crippen LogP contribution in [0.25, 0.3) is 0 Å². The third kappa shape index (κ3) is 4.44. The second-order valence-corrected chi connectivity index (χ2v) is 6.51. The fourth-order valence-electron chi connectivity index (χ4n) is 1.91. The van der Waals surface area contributed by atoms with Crippen molar-refractivity contribution in [2.45, 2.75) is 38.1 Å². The van der Waals surface area contributed by atoms with E-state index in [0.29, 0.717) is 12.3 Å². The zero-order valence-corrected chi connectivity index (χ0v) is 13.3. The van der Waals surface area contributed by atoms with Gasteiger partial charge in [0.15, 0.2) is 6.61 Å². The number of sulfonamides is 1. The minimum Gasteiger partial charge on any atom is -0.482 e. The zero-order chi connectivity index (χ0) is 16.0. The highest BCUT2D eigenvalue weighted by Gasteiger charge is 2.26. The number of carboxylic acid groups (broad SMARTS) is 1. The molecule has 0 bridgehead atoms. The van der Waals surface area contributed by atoms with Crippen LogP contribution in [0.15, 0.2) is 29.2 Å². The predicted molar refractivity (Wildman–Crippen MR) is 78.9 cm³/mol. The van der Waals surface area contributed by atoms with Gasteiger partial charge in [-0.1, -0.05) is 13.8 Å². The second-order valence-electron chi connectivity index (χ2n) is 4.62. The Morgan fingerprint density at radius 2 is 1.86 bits per heavy atom. The minimum atomic E-state index is -3.55. The predicted octanol–water partition coefficient (Wildman–Crippen LogP) is 1.96.